The van der Waals surface area contributed by atoms with E-state index < -0.39 is 0 Å². The first-order valence-corrected chi connectivity index (χ1v) is 10.3. The Kier molecular flexibility index (Phi) is 6.22. The van der Waals surface area contributed by atoms with Crippen molar-refractivity contribution in [2.75, 3.05) is 11.9 Å². The van der Waals surface area contributed by atoms with Crippen LogP contribution < -0.4 is 11.1 Å². The highest BCUT2D eigenvalue weighted by Crippen LogP contribution is 2.30. The van der Waals surface area contributed by atoms with E-state index in [0.29, 0.717) is 19.3 Å². The molecule has 4 rings (SSSR count). The average Bonchev–Trinajstić information content (AvgIpc) is 3.19. The molecule has 0 saturated heterocycles. The normalized spacial score (nSPS) is 19.3. The highest BCUT2D eigenvalue weighted by molar-refractivity contribution is 6.01. The number of ether oxygens (including phenoxy) is 1. The van der Waals surface area contributed by atoms with Gasteiger partial charge in [-0.2, -0.15) is 0 Å². The van der Waals surface area contributed by atoms with Gasteiger partial charge in [-0.3, -0.25) is 4.79 Å². The molecule has 3 aromatic rings. The van der Waals surface area contributed by atoms with Crippen LogP contribution in [0.2, 0.25) is 0 Å². The van der Waals surface area contributed by atoms with E-state index in [0.717, 1.165) is 54.5 Å². The Bertz CT molecular complexity index is 946. The van der Waals surface area contributed by atoms with Gasteiger partial charge in [-0.05, 0) is 55.8 Å². The maximum absolute atomic E-state index is 12.7. The lowest BCUT2D eigenvalue weighted by atomic mass is 9.81. The minimum absolute atomic E-state index is 0.0670. The molecule has 29 heavy (non-hydrogen) atoms. The summed E-state index contributed by atoms with van der Waals surface area (Å²) in [5.41, 5.74) is 8.51. The number of aromatic nitrogens is 2. The van der Waals surface area contributed by atoms with Crippen LogP contribution in [0.25, 0.3) is 11.0 Å². The van der Waals surface area contributed by atoms with Crippen molar-refractivity contribution in [3.8, 4) is 0 Å². The Labute approximate surface area is 171 Å². The number of nitrogens with zero attached hydrogens (tertiary/aromatic N) is 2. The van der Waals surface area contributed by atoms with Crippen LogP contribution in [0.3, 0.4) is 0 Å². The molecule has 0 unspecified atom stereocenters. The van der Waals surface area contributed by atoms with Gasteiger partial charge in [0.2, 0.25) is 5.91 Å². The van der Waals surface area contributed by atoms with Crippen molar-refractivity contribution in [2.45, 2.75) is 39.0 Å². The smallest absolute Gasteiger partial charge is 0.227 e. The molecule has 1 fully saturated rings. The summed E-state index contributed by atoms with van der Waals surface area (Å²) in [6.45, 7) is 1.67. The van der Waals surface area contributed by atoms with E-state index in [9.17, 15) is 4.79 Å². The topological polar surface area (TPSA) is 82.2 Å². The molecule has 6 nitrogen and oxygen atoms in total. The number of hydrogen-bond acceptors (Lipinski definition) is 4. The van der Waals surface area contributed by atoms with Crippen LogP contribution in [0.5, 0.6) is 0 Å². The van der Waals surface area contributed by atoms with Crippen molar-refractivity contribution in [3.63, 3.8) is 0 Å². The average molecular weight is 393 g/mol. The SMILES string of the molecule is NC[C@H]1CC[C@H](C(=O)Nc2ccnc3c2ccn3COCc2ccccc2)CC1. The molecule has 2 heterocycles. The molecule has 6 heteroatoms. The van der Waals surface area contributed by atoms with Gasteiger partial charge < -0.3 is 20.4 Å². The van der Waals surface area contributed by atoms with E-state index in [1.165, 1.54) is 0 Å². The van der Waals surface area contributed by atoms with E-state index in [-0.39, 0.29) is 11.8 Å². The molecular weight excluding hydrogens is 364 g/mol. The number of carbonyl (C=O) groups is 1. The van der Waals surface area contributed by atoms with Gasteiger partial charge in [-0.1, -0.05) is 30.3 Å². The lowest BCUT2D eigenvalue weighted by Crippen LogP contribution is -2.29. The number of carbonyl (C=O) groups excluding carboxylic acids is 1. The molecule has 0 atom stereocenters. The van der Waals surface area contributed by atoms with Crippen molar-refractivity contribution in [1.29, 1.82) is 0 Å². The fourth-order valence-corrected chi connectivity index (χ4v) is 4.03. The van der Waals surface area contributed by atoms with Crippen molar-refractivity contribution in [3.05, 3.63) is 60.4 Å². The quantitative estimate of drug-likeness (QED) is 0.639. The Morgan fingerprint density at radius 2 is 1.93 bits per heavy atom. The van der Waals surface area contributed by atoms with Crippen LogP contribution >= 0.6 is 0 Å². The number of hydrogen-bond donors (Lipinski definition) is 2. The third-order valence-electron chi connectivity index (χ3n) is 5.81. The largest absolute Gasteiger partial charge is 0.356 e. The van der Waals surface area contributed by atoms with Crippen LogP contribution in [0, 0.1) is 11.8 Å². The van der Waals surface area contributed by atoms with Crippen molar-refractivity contribution < 1.29 is 9.53 Å². The van der Waals surface area contributed by atoms with Crippen molar-refractivity contribution >= 4 is 22.6 Å². The van der Waals surface area contributed by atoms with Crippen LogP contribution in [-0.2, 0) is 22.9 Å². The van der Waals surface area contributed by atoms with Gasteiger partial charge >= 0.3 is 0 Å². The highest BCUT2D eigenvalue weighted by atomic mass is 16.5. The zero-order valence-electron chi connectivity index (χ0n) is 16.6. The molecule has 1 aliphatic carbocycles. The number of nitrogens with two attached hydrogens (primary N) is 1. The first-order valence-electron chi connectivity index (χ1n) is 10.3. The van der Waals surface area contributed by atoms with E-state index in [1.54, 1.807) is 6.20 Å². The summed E-state index contributed by atoms with van der Waals surface area (Å²) in [6, 6.07) is 13.9. The lowest BCUT2D eigenvalue weighted by molar-refractivity contribution is -0.121. The second-order valence-electron chi connectivity index (χ2n) is 7.79. The summed E-state index contributed by atoms with van der Waals surface area (Å²) in [5, 5.41) is 4.05. The molecule has 1 aliphatic rings. The predicted molar refractivity (Wildman–Crippen MR) is 114 cm³/mol. The molecule has 0 radical (unpaired) electrons. The molecular formula is C23H28N4O2. The Hall–Kier alpha value is -2.70. The zero-order chi connectivity index (χ0) is 20.1. The lowest BCUT2D eigenvalue weighted by Gasteiger charge is -2.26. The molecule has 3 N–H and O–H groups in total. The summed E-state index contributed by atoms with van der Waals surface area (Å²) >= 11 is 0. The van der Waals surface area contributed by atoms with Gasteiger partial charge in [0, 0.05) is 23.7 Å². The predicted octanol–water partition coefficient (Wildman–Crippen LogP) is 3.91. The van der Waals surface area contributed by atoms with Crippen LogP contribution in [0.1, 0.15) is 31.2 Å². The van der Waals surface area contributed by atoms with Crippen molar-refractivity contribution in [2.24, 2.45) is 17.6 Å². The Balaban J connectivity index is 1.40. The third kappa shape index (κ3) is 4.66. The molecule has 0 spiro atoms. The number of pyridine rings is 1. The number of nitrogens with one attached hydrogen (secondary N) is 1. The monoisotopic (exact) mass is 392 g/mol. The van der Waals surface area contributed by atoms with Gasteiger partial charge in [-0.25, -0.2) is 4.98 Å². The Morgan fingerprint density at radius 3 is 2.69 bits per heavy atom. The fourth-order valence-electron chi connectivity index (χ4n) is 4.03. The molecule has 152 valence electrons. The van der Waals surface area contributed by atoms with Gasteiger partial charge in [-0.15, -0.1) is 0 Å². The summed E-state index contributed by atoms with van der Waals surface area (Å²) in [7, 11) is 0. The molecule has 1 amide bonds. The first-order chi connectivity index (χ1) is 14.2. The van der Waals surface area contributed by atoms with Gasteiger partial charge in [0.15, 0.2) is 0 Å². The minimum atomic E-state index is 0.0670. The summed E-state index contributed by atoms with van der Waals surface area (Å²) in [4.78, 5) is 17.2. The fraction of sp³-hybridized carbons (Fsp3) is 0.391. The first kappa shape index (κ1) is 19.6. The Morgan fingerprint density at radius 1 is 1.14 bits per heavy atom. The maximum Gasteiger partial charge on any atom is 0.227 e. The summed E-state index contributed by atoms with van der Waals surface area (Å²) < 4.78 is 7.79. The van der Waals surface area contributed by atoms with E-state index in [4.69, 9.17) is 10.5 Å². The van der Waals surface area contributed by atoms with Crippen LogP contribution in [0.4, 0.5) is 5.69 Å². The zero-order valence-corrected chi connectivity index (χ0v) is 16.6. The van der Waals surface area contributed by atoms with Crippen molar-refractivity contribution in [1.82, 2.24) is 9.55 Å². The van der Waals surface area contributed by atoms with Gasteiger partial charge in [0.05, 0.1) is 12.3 Å². The van der Waals surface area contributed by atoms with Crippen LogP contribution in [0.15, 0.2) is 54.9 Å². The summed E-state index contributed by atoms with van der Waals surface area (Å²) in [5.74, 6) is 0.731. The molecule has 2 aromatic heterocycles. The summed E-state index contributed by atoms with van der Waals surface area (Å²) in [6.07, 6.45) is 7.58. The molecule has 0 aliphatic heterocycles. The van der Waals surface area contributed by atoms with E-state index in [2.05, 4.69) is 10.3 Å². The number of anilines is 1. The van der Waals surface area contributed by atoms with Crippen LogP contribution in [-0.4, -0.2) is 22.0 Å². The minimum Gasteiger partial charge on any atom is -0.356 e. The molecule has 0 bridgehead atoms. The van der Waals surface area contributed by atoms with Gasteiger partial charge in [0.1, 0.15) is 12.4 Å². The second kappa shape index (κ2) is 9.20. The molecule has 1 aromatic carbocycles. The number of fused-ring (bicyclic) bond motifs is 1. The third-order valence-corrected chi connectivity index (χ3v) is 5.81. The number of rotatable bonds is 7. The standard InChI is InChI=1S/C23H28N4O2/c24-14-17-6-8-19(9-7-17)23(28)26-21-10-12-25-22-20(21)11-13-27(22)16-29-15-18-4-2-1-3-5-18/h1-5,10-13,17,19H,6-9,14-16,24H2,(H,25,26,28)/t17-,19-. The number of amides is 1. The second-order valence-corrected chi connectivity index (χ2v) is 7.79. The molecule has 1 saturated carbocycles. The van der Waals surface area contributed by atoms with E-state index in [1.807, 2.05) is 53.2 Å². The highest BCUT2D eigenvalue weighted by Gasteiger charge is 2.26. The number of benzene rings is 1. The van der Waals surface area contributed by atoms with E-state index >= 15 is 0 Å². The maximum atomic E-state index is 12.7. The van der Waals surface area contributed by atoms with Gasteiger partial charge in [0.25, 0.3) is 0 Å².